The molecule has 0 N–H and O–H groups in total. The van der Waals surface area contributed by atoms with Crippen LogP contribution in [0.4, 0.5) is 0 Å². The molecule has 3 rings (SSSR count). The van der Waals surface area contributed by atoms with Gasteiger partial charge in [-0.1, -0.05) is 0 Å². The molecule has 0 bridgehead atoms. The van der Waals surface area contributed by atoms with Crippen molar-refractivity contribution in [2.24, 2.45) is 0 Å². The molecule has 0 nitrogen and oxygen atoms in total. The molecular formula is C33H45Cr. The van der Waals surface area contributed by atoms with Gasteiger partial charge >= 0.3 is 215 Å². The Bertz CT molecular complexity index is 1040. The van der Waals surface area contributed by atoms with Gasteiger partial charge in [0.25, 0.3) is 0 Å². The Morgan fingerprint density at radius 1 is 0.412 bits per heavy atom. The van der Waals surface area contributed by atoms with Crippen molar-refractivity contribution in [1.82, 2.24) is 0 Å². The van der Waals surface area contributed by atoms with Crippen molar-refractivity contribution in [3.8, 4) is 0 Å². The fourth-order valence-electron chi connectivity index (χ4n) is 6.71. The molecule has 34 heavy (non-hydrogen) atoms. The number of hydrogen-bond donors (Lipinski definition) is 0. The zero-order valence-corrected chi connectivity index (χ0v) is 24.9. The second-order valence-electron chi connectivity index (χ2n) is 11.8. The Kier molecular flexibility index (Phi) is 7.36. The van der Waals surface area contributed by atoms with Gasteiger partial charge in [-0.3, -0.25) is 0 Å². The molecule has 0 saturated carbocycles. The summed E-state index contributed by atoms with van der Waals surface area (Å²) < 4.78 is 0.207. The standard InChI is InChI=1S/3C11H15.Cr/c3*1-8(2)11-6-5-9(3)7-10(11)4;/h3*5-7H,1-4H3;. The van der Waals surface area contributed by atoms with Gasteiger partial charge < -0.3 is 0 Å². The van der Waals surface area contributed by atoms with Crippen molar-refractivity contribution < 1.29 is 14.1 Å². The molecule has 0 spiro atoms. The number of hydrogen-bond acceptors (Lipinski definition) is 0. The monoisotopic (exact) mass is 493 g/mol. The van der Waals surface area contributed by atoms with Crippen LogP contribution >= 0.6 is 0 Å². The van der Waals surface area contributed by atoms with Crippen molar-refractivity contribution in [1.29, 1.82) is 0 Å². The van der Waals surface area contributed by atoms with Crippen LogP contribution in [0.2, 0.25) is 0 Å². The van der Waals surface area contributed by atoms with Crippen LogP contribution in [0.1, 0.15) is 91.6 Å². The average molecular weight is 494 g/mol. The summed E-state index contributed by atoms with van der Waals surface area (Å²) in [5.74, 6) is 0. The van der Waals surface area contributed by atoms with Crippen LogP contribution in [0.5, 0.6) is 0 Å². The fraction of sp³-hybridized carbons (Fsp3) is 0.455. The quantitative estimate of drug-likeness (QED) is 0.321. The predicted octanol–water partition coefficient (Wildman–Crippen LogP) is 9.26. The van der Waals surface area contributed by atoms with Crippen molar-refractivity contribution in [3.63, 3.8) is 0 Å². The molecule has 0 aliphatic heterocycles. The van der Waals surface area contributed by atoms with E-state index in [1.807, 2.05) is 0 Å². The van der Waals surface area contributed by atoms with Gasteiger partial charge in [0.15, 0.2) is 0 Å². The molecule has 1 heteroatoms. The summed E-state index contributed by atoms with van der Waals surface area (Å²) in [7, 11) is 0. The van der Waals surface area contributed by atoms with Crippen LogP contribution < -0.4 is 0 Å². The summed E-state index contributed by atoms with van der Waals surface area (Å²) in [6, 6.07) is 21.3. The molecule has 0 saturated heterocycles. The molecule has 0 atom stereocenters. The number of rotatable bonds is 6. The Balaban J connectivity index is 2.35. The molecule has 0 amide bonds. The van der Waals surface area contributed by atoms with E-state index in [0.29, 0.717) is 0 Å². The van der Waals surface area contributed by atoms with Gasteiger partial charge in [0.05, 0.1) is 0 Å². The van der Waals surface area contributed by atoms with Crippen molar-refractivity contribution in [2.45, 2.75) is 95.9 Å². The first-order valence-electron chi connectivity index (χ1n) is 12.6. The van der Waals surface area contributed by atoms with E-state index in [1.165, 1.54) is 50.1 Å². The van der Waals surface area contributed by atoms with E-state index < -0.39 is 14.1 Å². The molecule has 0 fully saturated rings. The van der Waals surface area contributed by atoms with Gasteiger partial charge in [0.2, 0.25) is 0 Å². The van der Waals surface area contributed by atoms with E-state index in [1.54, 1.807) is 0 Å². The Labute approximate surface area is 214 Å². The third-order valence-electron chi connectivity index (χ3n) is 7.62. The molecule has 0 radical (unpaired) electrons. The van der Waals surface area contributed by atoms with Crippen LogP contribution in [0, 0.1) is 41.5 Å². The topological polar surface area (TPSA) is 0 Å². The Hall–Kier alpha value is -1.81. The summed E-state index contributed by atoms with van der Waals surface area (Å²) in [5, 5.41) is 0. The van der Waals surface area contributed by atoms with E-state index in [-0.39, 0.29) is 12.8 Å². The van der Waals surface area contributed by atoms with Crippen LogP contribution in [-0.2, 0) is 27.0 Å². The minimum absolute atomic E-state index is 0.0689. The van der Waals surface area contributed by atoms with E-state index in [0.717, 1.165) is 0 Å². The second kappa shape index (κ2) is 9.33. The van der Waals surface area contributed by atoms with Crippen molar-refractivity contribution in [3.05, 3.63) is 105 Å². The molecule has 183 valence electrons. The third kappa shape index (κ3) is 4.80. The fourth-order valence-corrected chi connectivity index (χ4v) is 14.8. The van der Waals surface area contributed by atoms with Crippen molar-refractivity contribution in [2.75, 3.05) is 0 Å². The molecule has 0 unspecified atom stereocenters. The zero-order valence-electron chi connectivity index (χ0n) is 23.6. The third-order valence-corrected chi connectivity index (χ3v) is 13.4. The van der Waals surface area contributed by atoms with Gasteiger partial charge in [-0.2, -0.15) is 0 Å². The molecule has 3 aromatic rings. The first kappa shape index (κ1) is 26.8. The van der Waals surface area contributed by atoms with Crippen LogP contribution in [0.3, 0.4) is 0 Å². The predicted molar refractivity (Wildman–Crippen MR) is 147 cm³/mol. The van der Waals surface area contributed by atoms with Crippen molar-refractivity contribution >= 4 is 0 Å². The number of benzene rings is 3. The van der Waals surface area contributed by atoms with Gasteiger partial charge in [-0.15, -0.1) is 0 Å². The van der Waals surface area contributed by atoms with E-state index in [9.17, 15) is 0 Å². The molecule has 3 aromatic carbocycles. The Morgan fingerprint density at radius 3 is 0.853 bits per heavy atom. The zero-order chi connectivity index (χ0) is 25.6. The van der Waals surface area contributed by atoms with Crippen LogP contribution in [-0.4, -0.2) is 0 Å². The maximum atomic E-state index is 2.53. The SMILES string of the molecule is Cc1ccc([C](C)(C)[Cr]([C](C)(C)c2ccc(C)cc2C)[C](C)(C)c2ccc(C)cc2C)c(C)c1. The van der Waals surface area contributed by atoms with Gasteiger partial charge in [0, 0.05) is 0 Å². The summed E-state index contributed by atoms with van der Waals surface area (Å²) >= 11 is -1.47. The first-order chi connectivity index (χ1) is 15.6. The van der Waals surface area contributed by atoms with E-state index in [4.69, 9.17) is 0 Å². The average Bonchev–Trinajstić information content (AvgIpc) is 2.66. The molecular weight excluding hydrogens is 448 g/mol. The number of aryl methyl sites for hydroxylation is 6. The van der Waals surface area contributed by atoms with Crippen LogP contribution in [0.25, 0.3) is 0 Å². The summed E-state index contributed by atoms with van der Waals surface area (Å²) in [5.41, 5.74) is 12.8. The minimum atomic E-state index is -1.47. The van der Waals surface area contributed by atoms with Gasteiger partial charge in [0.1, 0.15) is 0 Å². The van der Waals surface area contributed by atoms with Gasteiger partial charge in [-0.05, 0) is 0 Å². The molecule has 0 aliphatic carbocycles. The molecule has 0 aliphatic rings. The Morgan fingerprint density at radius 2 is 0.647 bits per heavy atom. The first-order valence-corrected chi connectivity index (χ1v) is 14.5. The normalized spacial score (nSPS) is 13.0. The summed E-state index contributed by atoms with van der Waals surface area (Å²) in [6.07, 6.45) is 0. The van der Waals surface area contributed by atoms with Crippen LogP contribution in [0.15, 0.2) is 54.6 Å². The van der Waals surface area contributed by atoms with E-state index in [2.05, 4.69) is 138 Å². The van der Waals surface area contributed by atoms with E-state index >= 15 is 0 Å². The summed E-state index contributed by atoms with van der Waals surface area (Å²) in [6.45, 7) is 28.7. The second-order valence-corrected chi connectivity index (χ2v) is 17.5. The molecule has 0 aromatic heterocycles. The molecule has 0 heterocycles. The maximum absolute atomic E-state index is 2.53. The van der Waals surface area contributed by atoms with Gasteiger partial charge in [-0.25, -0.2) is 0 Å². The summed E-state index contributed by atoms with van der Waals surface area (Å²) in [4.78, 5) is 0.